The largest absolute Gasteiger partial charge is 0.369 e. The van der Waals surface area contributed by atoms with Gasteiger partial charge in [0.25, 0.3) is 5.91 Å². The van der Waals surface area contributed by atoms with Gasteiger partial charge in [-0.3, -0.25) is 14.5 Å². The zero-order valence-corrected chi connectivity index (χ0v) is 18.6. The van der Waals surface area contributed by atoms with Crippen molar-refractivity contribution in [1.82, 2.24) is 9.91 Å². The Balaban J connectivity index is 1.59. The Bertz CT molecular complexity index is 1060. The van der Waals surface area contributed by atoms with Crippen molar-refractivity contribution >= 4 is 17.5 Å². The summed E-state index contributed by atoms with van der Waals surface area (Å²) in [6.07, 6.45) is 1.76. The normalized spacial score (nSPS) is 19.8. The number of rotatable bonds is 5. The zero-order chi connectivity index (χ0) is 22.8. The summed E-state index contributed by atoms with van der Waals surface area (Å²) in [7, 11) is 0. The molecule has 2 amide bonds. The first-order valence-electron chi connectivity index (χ1n) is 11.1. The average molecular weight is 437 g/mol. The highest BCUT2D eigenvalue weighted by Gasteiger charge is 2.36. The van der Waals surface area contributed by atoms with E-state index in [9.17, 15) is 14.0 Å². The fraction of sp³-hybridized carbons (Fsp3) is 0.400. The molecule has 2 aromatic carbocycles. The van der Waals surface area contributed by atoms with E-state index in [0.717, 1.165) is 22.4 Å². The number of amides is 2. The molecule has 1 atom stereocenters. The van der Waals surface area contributed by atoms with E-state index in [1.54, 1.807) is 18.2 Å². The minimum atomic E-state index is -0.484. The number of carbonyl (C=O) groups is 2. The quantitative estimate of drug-likeness (QED) is 0.781. The van der Waals surface area contributed by atoms with E-state index in [1.807, 2.05) is 30.9 Å². The maximum Gasteiger partial charge on any atom is 0.257 e. The van der Waals surface area contributed by atoms with E-state index >= 15 is 0 Å². The second kappa shape index (κ2) is 9.20. The standard InChI is InChI=1S/C25H29FN4O2/c1-16-7-8-17(2)20(13-16)22-14-23(19-5-3-4-6-21(19)26)30(28-22)24(31)15-29-11-9-18(10-12-29)25(27)32/h3-8,13,18,23H,9-12,14-15H2,1-2H3,(H2,27,32)/t23-/m1/s1. The first-order chi connectivity index (χ1) is 15.3. The van der Waals surface area contributed by atoms with Crippen LogP contribution in [0.4, 0.5) is 4.39 Å². The van der Waals surface area contributed by atoms with Gasteiger partial charge in [-0.05, 0) is 57.5 Å². The number of nitrogens with zero attached hydrogens (tertiary/aromatic N) is 3. The molecule has 4 rings (SSSR count). The Morgan fingerprint density at radius 2 is 1.84 bits per heavy atom. The second-order valence-corrected chi connectivity index (χ2v) is 8.80. The molecule has 1 fully saturated rings. The molecule has 7 heteroatoms. The van der Waals surface area contributed by atoms with Crippen molar-refractivity contribution in [3.8, 4) is 0 Å². The van der Waals surface area contributed by atoms with Crippen LogP contribution in [0.25, 0.3) is 0 Å². The lowest BCUT2D eigenvalue weighted by Crippen LogP contribution is -2.44. The van der Waals surface area contributed by atoms with Crippen molar-refractivity contribution < 1.29 is 14.0 Å². The molecular formula is C25H29FN4O2. The molecule has 32 heavy (non-hydrogen) atoms. The predicted molar refractivity (Wildman–Crippen MR) is 121 cm³/mol. The van der Waals surface area contributed by atoms with Crippen LogP contribution >= 0.6 is 0 Å². The monoisotopic (exact) mass is 436 g/mol. The maximum absolute atomic E-state index is 14.7. The number of hydrazone groups is 1. The SMILES string of the molecule is Cc1ccc(C)c(C2=NN(C(=O)CN3CCC(C(N)=O)CC3)[C@@H](c3ccccc3F)C2)c1. The number of aryl methyl sites for hydroxylation is 2. The van der Waals surface area contributed by atoms with Gasteiger partial charge in [0.2, 0.25) is 5.91 Å². The Hall–Kier alpha value is -3.06. The van der Waals surface area contributed by atoms with Gasteiger partial charge in [-0.25, -0.2) is 9.40 Å². The van der Waals surface area contributed by atoms with Crippen molar-refractivity contribution in [1.29, 1.82) is 0 Å². The van der Waals surface area contributed by atoms with Crippen molar-refractivity contribution in [2.24, 2.45) is 16.8 Å². The van der Waals surface area contributed by atoms with E-state index in [4.69, 9.17) is 10.8 Å². The Morgan fingerprint density at radius 3 is 2.53 bits per heavy atom. The fourth-order valence-corrected chi connectivity index (χ4v) is 4.58. The Kier molecular flexibility index (Phi) is 6.37. The first-order valence-corrected chi connectivity index (χ1v) is 11.1. The van der Waals surface area contributed by atoms with Crippen LogP contribution < -0.4 is 5.73 Å². The molecule has 0 bridgehead atoms. The lowest BCUT2D eigenvalue weighted by atomic mass is 9.94. The fourth-order valence-electron chi connectivity index (χ4n) is 4.58. The molecule has 2 aromatic rings. The predicted octanol–water partition coefficient (Wildman–Crippen LogP) is 3.32. The summed E-state index contributed by atoms with van der Waals surface area (Å²) in [5, 5.41) is 6.15. The van der Waals surface area contributed by atoms with Gasteiger partial charge in [0.15, 0.2) is 0 Å². The van der Waals surface area contributed by atoms with Crippen LogP contribution in [0.5, 0.6) is 0 Å². The van der Waals surface area contributed by atoms with E-state index in [1.165, 1.54) is 11.1 Å². The van der Waals surface area contributed by atoms with Crippen LogP contribution in [0.15, 0.2) is 47.6 Å². The highest BCUT2D eigenvalue weighted by molar-refractivity contribution is 6.04. The summed E-state index contributed by atoms with van der Waals surface area (Å²) in [5.41, 5.74) is 9.85. The Labute approximate surface area is 187 Å². The molecule has 0 saturated carbocycles. The topological polar surface area (TPSA) is 79.0 Å². The molecule has 2 N–H and O–H groups in total. The molecule has 168 valence electrons. The minimum Gasteiger partial charge on any atom is -0.369 e. The van der Waals surface area contributed by atoms with Crippen LogP contribution in [0.1, 0.15) is 47.6 Å². The van der Waals surface area contributed by atoms with Crippen LogP contribution in [-0.4, -0.2) is 47.1 Å². The number of hydrogen-bond donors (Lipinski definition) is 1. The lowest BCUT2D eigenvalue weighted by Gasteiger charge is -2.31. The van der Waals surface area contributed by atoms with Crippen molar-refractivity contribution in [3.05, 3.63) is 70.5 Å². The number of carbonyl (C=O) groups excluding carboxylic acids is 2. The molecule has 2 aliphatic rings. The van der Waals surface area contributed by atoms with E-state index in [-0.39, 0.29) is 30.1 Å². The third-order valence-electron chi connectivity index (χ3n) is 6.48. The molecule has 6 nitrogen and oxygen atoms in total. The number of primary amides is 1. The number of nitrogens with two attached hydrogens (primary N) is 1. The summed E-state index contributed by atoms with van der Waals surface area (Å²) >= 11 is 0. The van der Waals surface area contributed by atoms with E-state index in [0.29, 0.717) is 37.9 Å². The van der Waals surface area contributed by atoms with Crippen LogP contribution in [0.3, 0.4) is 0 Å². The summed E-state index contributed by atoms with van der Waals surface area (Å²) in [6.45, 7) is 5.48. The average Bonchev–Trinajstić information content (AvgIpc) is 3.21. The smallest absolute Gasteiger partial charge is 0.257 e. The third-order valence-corrected chi connectivity index (χ3v) is 6.48. The molecule has 0 unspecified atom stereocenters. The van der Waals surface area contributed by atoms with Gasteiger partial charge in [0.1, 0.15) is 5.82 Å². The maximum atomic E-state index is 14.7. The summed E-state index contributed by atoms with van der Waals surface area (Å²) in [4.78, 5) is 26.8. The van der Waals surface area contributed by atoms with Crippen molar-refractivity contribution in [2.45, 2.75) is 39.2 Å². The van der Waals surface area contributed by atoms with Gasteiger partial charge in [-0.15, -0.1) is 0 Å². The highest BCUT2D eigenvalue weighted by Crippen LogP contribution is 2.35. The van der Waals surface area contributed by atoms with Crippen molar-refractivity contribution in [3.63, 3.8) is 0 Å². The Morgan fingerprint density at radius 1 is 1.12 bits per heavy atom. The summed E-state index contributed by atoms with van der Waals surface area (Å²) in [5.74, 6) is -0.919. The number of piperidine rings is 1. The number of likely N-dealkylation sites (tertiary alicyclic amines) is 1. The molecule has 2 aliphatic heterocycles. The van der Waals surface area contributed by atoms with E-state index in [2.05, 4.69) is 6.07 Å². The second-order valence-electron chi connectivity index (χ2n) is 8.80. The summed E-state index contributed by atoms with van der Waals surface area (Å²) < 4.78 is 14.7. The van der Waals surface area contributed by atoms with Gasteiger partial charge in [-0.1, -0.05) is 35.9 Å². The third kappa shape index (κ3) is 4.58. The highest BCUT2D eigenvalue weighted by atomic mass is 19.1. The van der Waals surface area contributed by atoms with Gasteiger partial charge in [0, 0.05) is 23.5 Å². The van der Waals surface area contributed by atoms with Crippen LogP contribution in [-0.2, 0) is 9.59 Å². The van der Waals surface area contributed by atoms with Crippen molar-refractivity contribution in [2.75, 3.05) is 19.6 Å². The minimum absolute atomic E-state index is 0.131. The van der Waals surface area contributed by atoms with E-state index < -0.39 is 6.04 Å². The molecule has 0 radical (unpaired) electrons. The number of halogens is 1. The molecule has 0 aromatic heterocycles. The first kappa shape index (κ1) is 22.1. The van der Waals surface area contributed by atoms with Gasteiger partial charge in [0.05, 0.1) is 18.3 Å². The van der Waals surface area contributed by atoms with Gasteiger partial charge >= 0.3 is 0 Å². The lowest BCUT2D eigenvalue weighted by molar-refractivity contribution is -0.134. The molecule has 0 spiro atoms. The molecule has 2 heterocycles. The molecule has 1 saturated heterocycles. The summed E-state index contributed by atoms with van der Waals surface area (Å²) in [6, 6.07) is 12.2. The van der Waals surface area contributed by atoms with Gasteiger partial charge in [-0.2, -0.15) is 5.10 Å². The molecular weight excluding hydrogens is 407 g/mol. The van der Waals surface area contributed by atoms with Crippen LogP contribution in [0.2, 0.25) is 0 Å². The zero-order valence-electron chi connectivity index (χ0n) is 18.6. The molecule has 0 aliphatic carbocycles. The number of hydrogen-bond acceptors (Lipinski definition) is 4. The number of benzene rings is 2. The van der Waals surface area contributed by atoms with Crippen LogP contribution in [0, 0.1) is 25.6 Å². The van der Waals surface area contributed by atoms with Gasteiger partial charge < -0.3 is 5.73 Å².